The van der Waals surface area contributed by atoms with E-state index in [1.54, 1.807) is 11.3 Å². The van der Waals surface area contributed by atoms with Crippen LogP contribution in [0.4, 0.5) is 0 Å². The van der Waals surface area contributed by atoms with E-state index in [0.29, 0.717) is 6.61 Å². The third-order valence-electron chi connectivity index (χ3n) is 3.83. The largest absolute Gasteiger partial charge is 0.375 e. The van der Waals surface area contributed by atoms with E-state index in [1.165, 1.54) is 15.0 Å². The summed E-state index contributed by atoms with van der Waals surface area (Å²) in [5, 5.41) is 7.53. The Kier molecular flexibility index (Phi) is 4.24. The zero-order valence-electron chi connectivity index (χ0n) is 12.3. The van der Waals surface area contributed by atoms with Crippen LogP contribution in [0.25, 0.3) is 10.1 Å². The second kappa shape index (κ2) is 6.13. The van der Waals surface area contributed by atoms with Gasteiger partial charge in [0.2, 0.25) is 5.91 Å². The van der Waals surface area contributed by atoms with Crippen molar-refractivity contribution in [3.05, 3.63) is 35.2 Å². The number of rotatable bonds is 3. The minimum absolute atomic E-state index is 0.00539. The molecule has 2 heterocycles. The summed E-state index contributed by atoms with van der Waals surface area (Å²) in [6.45, 7) is 5.34. The fraction of sp³-hybridized carbons (Fsp3) is 0.438. The molecule has 1 aliphatic rings. The van der Waals surface area contributed by atoms with Crippen LogP contribution < -0.4 is 10.6 Å². The maximum Gasteiger partial charge on any atom is 0.240 e. The van der Waals surface area contributed by atoms with Crippen LogP contribution in [-0.4, -0.2) is 31.2 Å². The Hall–Kier alpha value is -1.43. The molecule has 112 valence electrons. The second-order valence-electron chi connectivity index (χ2n) is 5.42. The minimum atomic E-state index is -0.268. The van der Waals surface area contributed by atoms with Crippen molar-refractivity contribution in [2.75, 3.05) is 13.2 Å². The fourth-order valence-electron chi connectivity index (χ4n) is 2.62. The Morgan fingerprint density at radius 2 is 2.29 bits per heavy atom. The molecule has 0 radical (unpaired) electrons. The number of hydrogen-bond acceptors (Lipinski definition) is 4. The molecule has 1 saturated heterocycles. The molecular weight excluding hydrogens is 284 g/mol. The lowest BCUT2D eigenvalue weighted by Crippen LogP contribution is -2.55. The number of benzene rings is 1. The van der Waals surface area contributed by atoms with Gasteiger partial charge >= 0.3 is 0 Å². The smallest absolute Gasteiger partial charge is 0.240 e. The first-order chi connectivity index (χ1) is 10.1. The van der Waals surface area contributed by atoms with E-state index in [0.717, 1.165) is 6.54 Å². The van der Waals surface area contributed by atoms with E-state index in [2.05, 4.69) is 28.8 Å². The molecule has 2 aromatic rings. The Morgan fingerprint density at radius 1 is 1.48 bits per heavy atom. The Balaban J connectivity index is 1.70. The SMILES string of the molecule is CC(NC(=O)[C@H]1NCCO[C@@H]1C)c1cc2ccccc2s1. The molecule has 1 fully saturated rings. The van der Waals surface area contributed by atoms with Crippen molar-refractivity contribution in [1.29, 1.82) is 0 Å². The molecule has 1 aromatic carbocycles. The Bertz CT molecular complexity index is 607. The van der Waals surface area contributed by atoms with Gasteiger partial charge in [-0.15, -0.1) is 11.3 Å². The van der Waals surface area contributed by atoms with Crippen LogP contribution in [0.3, 0.4) is 0 Å². The highest BCUT2D eigenvalue weighted by Gasteiger charge is 2.29. The summed E-state index contributed by atoms with van der Waals surface area (Å²) < 4.78 is 6.78. The number of ether oxygens (including phenoxy) is 1. The Labute approximate surface area is 128 Å². The van der Waals surface area contributed by atoms with E-state index >= 15 is 0 Å². The van der Waals surface area contributed by atoms with E-state index in [-0.39, 0.29) is 24.1 Å². The average molecular weight is 304 g/mol. The summed E-state index contributed by atoms with van der Waals surface area (Å²) >= 11 is 1.73. The number of morpholine rings is 1. The molecule has 1 aromatic heterocycles. The molecule has 4 nitrogen and oxygen atoms in total. The van der Waals surface area contributed by atoms with Crippen molar-refractivity contribution in [1.82, 2.24) is 10.6 Å². The van der Waals surface area contributed by atoms with Crippen molar-refractivity contribution in [3.63, 3.8) is 0 Å². The molecule has 2 N–H and O–H groups in total. The number of thiophene rings is 1. The van der Waals surface area contributed by atoms with Crippen LogP contribution in [0, 0.1) is 0 Å². The lowest BCUT2D eigenvalue weighted by atomic mass is 10.1. The molecule has 3 atom stereocenters. The van der Waals surface area contributed by atoms with Crippen LogP contribution in [-0.2, 0) is 9.53 Å². The summed E-state index contributed by atoms with van der Waals surface area (Å²) in [5.41, 5.74) is 0. The Morgan fingerprint density at radius 3 is 3.05 bits per heavy atom. The van der Waals surface area contributed by atoms with Gasteiger partial charge in [0.15, 0.2) is 0 Å². The highest BCUT2D eigenvalue weighted by Crippen LogP contribution is 2.29. The summed E-state index contributed by atoms with van der Waals surface area (Å²) in [6.07, 6.45) is -0.0895. The van der Waals surface area contributed by atoms with E-state index in [4.69, 9.17) is 4.74 Å². The summed E-state index contributed by atoms with van der Waals surface area (Å²) in [6, 6.07) is 10.2. The van der Waals surface area contributed by atoms with Crippen LogP contribution in [0.1, 0.15) is 24.8 Å². The minimum Gasteiger partial charge on any atom is -0.375 e. The highest BCUT2D eigenvalue weighted by molar-refractivity contribution is 7.19. The molecule has 1 unspecified atom stereocenters. The summed E-state index contributed by atoms with van der Waals surface area (Å²) in [4.78, 5) is 13.5. The van der Waals surface area contributed by atoms with Gasteiger partial charge in [0.1, 0.15) is 6.04 Å². The fourth-order valence-corrected chi connectivity index (χ4v) is 3.68. The van der Waals surface area contributed by atoms with Gasteiger partial charge in [0.05, 0.1) is 18.8 Å². The molecule has 0 spiro atoms. The van der Waals surface area contributed by atoms with Crippen LogP contribution in [0.2, 0.25) is 0 Å². The maximum atomic E-state index is 12.4. The highest BCUT2D eigenvalue weighted by atomic mass is 32.1. The number of fused-ring (bicyclic) bond motifs is 1. The van der Waals surface area contributed by atoms with Crippen LogP contribution >= 0.6 is 11.3 Å². The third kappa shape index (κ3) is 3.10. The molecule has 0 aliphatic carbocycles. The van der Waals surface area contributed by atoms with Crippen LogP contribution in [0.5, 0.6) is 0 Å². The third-order valence-corrected chi connectivity index (χ3v) is 5.13. The number of amides is 1. The molecule has 0 saturated carbocycles. The molecule has 0 bridgehead atoms. The van der Waals surface area contributed by atoms with Gasteiger partial charge < -0.3 is 15.4 Å². The molecular formula is C16H20N2O2S. The van der Waals surface area contributed by atoms with E-state index in [9.17, 15) is 4.79 Å². The van der Waals surface area contributed by atoms with Gasteiger partial charge in [-0.1, -0.05) is 18.2 Å². The lowest BCUT2D eigenvalue weighted by Gasteiger charge is -2.30. The standard InChI is InChI=1S/C16H20N2O2S/c1-10(14-9-12-5-3-4-6-13(12)21-14)18-16(19)15-11(2)20-8-7-17-15/h3-6,9-11,15,17H,7-8H2,1-2H3,(H,18,19)/t10?,11-,15+/m1/s1. The number of hydrogen-bond donors (Lipinski definition) is 2. The first-order valence-corrected chi connectivity index (χ1v) is 8.10. The van der Waals surface area contributed by atoms with Crippen molar-refractivity contribution >= 4 is 27.3 Å². The van der Waals surface area contributed by atoms with Gasteiger partial charge in [-0.05, 0) is 31.4 Å². The molecule has 1 aliphatic heterocycles. The van der Waals surface area contributed by atoms with Crippen molar-refractivity contribution in [2.45, 2.75) is 32.0 Å². The van der Waals surface area contributed by atoms with Crippen molar-refractivity contribution in [2.24, 2.45) is 0 Å². The normalized spacial score (nSPS) is 23.9. The predicted octanol–water partition coefficient (Wildman–Crippen LogP) is 2.46. The van der Waals surface area contributed by atoms with Gasteiger partial charge in [-0.3, -0.25) is 4.79 Å². The molecule has 3 rings (SSSR count). The summed E-state index contributed by atoms with van der Waals surface area (Å²) in [7, 11) is 0. The van der Waals surface area contributed by atoms with Gasteiger partial charge in [-0.25, -0.2) is 0 Å². The van der Waals surface area contributed by atoms with Crippen LogP contribution in [0.15, 0.2) is 30.3 Å². The number of carbonyl (C=O) groups is 1. The molecule has 5 heteroatoms. The number of carbonyl (C=O) groups excluding carboxylic acids is 1. The monoisotopic (exact) mass is 304 g/mol. The maximum absolute atomic E-state index is 12.4. The zero-order chi connectivity index (χ0) is 14.8. The van der Waals surface area contributed by atoms with Crippen molar-refractivity contribution < 1.29 is 9.53 Å². The quantitative estimate of drug-likeness (QED) is 0.916. The zero-order valence-corrected chi connectivity index (χ0v) is 13.1. The number of nitrogens with one attached hydrogen (secondary N) is 2. The first-order valence-electron chi connectivity index (χ1n) is 7.29. The lowest BCUT2D eigenvalue weighted by molar-refractivity contribution is -0.129. The topological polar surface area (TPSA) is 50.4 Å². The first kappa shape index (κ1) is 14.5. The van der Waals surface area contributed by atoms with Gasteiger partial charge in [0.25, 0.3) is 0 Å². The van der Waals surface area contributed by atoms with Crippen molar-refractivity contribution in [3.8, 4) is 0 Å². The average Bonchev–Trinajstić information content (AvgIpc) is 2.91. The predicted molar refractivity (Wildman–Crippen MR) is 85.6 cm³/mol. The van der Waals surface area contributed by atoms with E-state index in [1.807, 2.05) is 26.0 Å². The van der Waals surface area contributed by atoms with E-state index < -0.39 is 0 Å². The van der Waals surface area contributed by atoms with Gasteiger partial charge in [0, 0.05) is 16.1 Å². The molecule has 21 heavy (non-hydrogen) atoms. The second-order valence-corrected chi connectivity index (χ2v) is 6.54. The molecule has 1 amide bonds. The summed E-state index contributed by atoms with van der Waals surface area (Å²) in [5.74, 6) is 0.00663. The van der Waals surface area contributed by atoms with Gasteiger partial charge in [-0.2, -0.15) is 0 Å².